The summed E-state index contributed by atoms with van der Waals surface area (Å²) in [7, 11) is 0. The molecule has 5 nitrogen and oxygen atoms in total. The van der Waals surface area contributed by atoms with E-state index in [0.29, 0.717) is 5.69 Å². The standard InChI is InChI=1S/C23H23N3O2/c1-15(17-9-8-16-5-2-3-6-18(16)13-17)25-22(27)23(28)26-20-10-11-21-19(14-20)7-4-12-24-21/h4,7-15H,2-3,5-6H2,1H3,(H,25,27)(H,26,28)/t15-/m0/s1. The third-order valence-electron chi connectivity index (χ3n) is 5.29. The molecule has 2 aromatic carbocycles. The van der Waals surface area contributed by atoms with E-state index in [-0.39, 0.29) is 6.04 Å². The lowest BCUT2D eigenvalue weighted by atomic mass is 9.89. The van der Waals surface area contributed by atoms with Crippen LogP contribution >= 0.6 is 0 Å². The summed E-state index contributed by atoms with van der Waals surface area (Å²) in [5, 5.41) is 6.36. The van der Waals surface area contributed by atoms with Crippen LogP contribution in [-0.2, 0) is 22.4 Å². The topological polar surface area (TPSA) is 71.1 Å². The fourth-order valence-electron chi connectivity index (χ4n) is 3.71. The van der Waals surface area contributed by atoms with E-state index in [1.807, 2.05) is 31.2 Å². The van der Waals surface area contributed by atoms with Gasteiger partial charge in [0.15, 0.2) is 0 Å². The van der Waals surface area contributed by atoms with Crippen molar-refractivity contribution in [1.82, 2.24) is 10.3 Å². The summed E-state index contributed by atoms with van der Waals surface area (Å²) in [6.07, 6.45) is 6.38. The monoisotopic (exact) mass is 373 g/mol. The largest absolute Gasteiger partial charge is 0.341 e. The maximum absolute atomic E-state index is 12.3. The molecular formula is C23H23N3O2. The lowest BCUT2D eigenvalue weighted by molar-refractivity contribution is -0.136. The molecule has 1 heterocycles. The van der Waals surface area contributed by atoms with Crippen LogP contribution in [0.5, 0.6) is 0 Å². The average Bonchev–Trinajstić information content (AvgIpc) is 2.73. The van der Waals surface area contributed by atoms with Crippen molar-refractivity contribution >= 4 is 28.4 Å². The first-order chi connectivity index (χ1) is 13.6. The summed E-state index contributed by atoms with van der Waals surface area (Å²) in [4.78, 5) is 28.9. The van der Waals surface area contributed by atoms with Gasteiger partial charge >= 0.3 is 11.8 Å². The molecule has 28 heavy (non-hydrogen) atoms. The van der Waals surface area contributed by atoms with E-state index < -0.39 is 11.8 Å². The van der Waals surface area contributed by atoms with Gasteiger partial charge in [-0.25, -0.2) is 0 Å². The first-order valence-electron chi connectivity index (χ1n) is 9.68. The van der Waals surface area contributed by atoms with Gasteiger partial charge in [0.25, 0.3) is 0 Å². The Balaban J connectivity index is 1.41. The lowest BCUT2D eigenvalue weighted by Crippen LogP contribution is -2.37. The summed E-state index contributed by atoms with van der Waals surface area (Å²) in [6.45, 7) is 1.90. The third-order valence-corrected chi connectivity index (χ3v) is 5.29. The van der Waals surface area contributed by atoms with E-state index in [0.717, 1.165) is 29.3 Å². The Hall–Kier alpha value is -3.21. The van der Waals surface area contributed by atoms with Crippen molar-refractivity contribution in [1.29, 1.82) is 0 Å². The Morgan fingerprint density at radius 3 is 2.64 bits per heavy atom. The van der Waals surface area contributed by atoms with Crippen LogP contribution in [0.3, 0.4) is 0 Å². The van der Waals surface area contributed by atoms with Crippen molar-refractivity contribution in [2.75, 3.05) is 5.32 Å². The average molecular weight is 373 g/mol. The number of hydrogen-bond donors (Lipinski definition) is 2. The zero-order valence-electron chi connectivity index (χ0n) is 15.9. The number of amides is 2. The van der Waals surface area contributed by atoms with E-state index in [1.165, 1.54) is 24.0 Å². The number of aryl methyl sites for hydroxylation is 2. The minimum atomic E-state index is -0.673. The first kappa shape index (κ1) is 18.2. The molecule has 1 aliphatic rings. The maximum atomic E-state index is 12.3. The Labute approximate surface area is 164 Å². The van der Waals surface area contributed by atoms with Crippen molar-refractivity contribution in [3.05, 3.63) is 71.4 Å². The second-order valence-corrected chi connectivity index (χ2v) is 7.30. The number of nitrogens with one attached hydrogen (secondary N) is 2. The molecule has 5 heteroatoms. The van der Waals surface area contributed by atoms with Gasteiger partial charge in [-0.05, 0) is 73.6 Å². The lowest BCUT2D eigenvalue weighted by Gasteiger charge is -2.20. The van der Waals surface area contributed by atoms with Crippen LogP contribution in [0, 0.1) is 0 Å². The molecule has 0 bridgehead atoms. The Kier molecular flexibility index (Phi) is 5.06. The molecule has 0 saturated carbocycles. The van der Waals surface area contributed by atoms with Gasteiger partial charge < -0.3 is 10.6 Å². The predicted molar refractivity (Wildman–Crippen MR) is 110 cm³/mol. The molecular weight excluding hydrogens is 350 g/mol. The number of pyridine rings is 1. The van der Waals surface area contributed by atoms with E-state index in [1.54, 1.807) is 18.3 Å². The molecule has 0 fully saturated rings. The van der Waals surface area contributed by atoms with Gasteiger partial charge in [0.1, 0.15) is 0 Å². The van der Waals surface area contributed by atoms with Gasteiger partial charge in [-0.3, -0.25) is 14.6 Å². The molecule has 2 N–H and O–H groups in total. The van der Waals surface area contributed by atoms with Crippen LogP contribution in [0.2, 0.25) is 0 Å². The highest BCUT2D eigenvalue weighted by Crippen LogP contribution is 2.25. The number of hydrogen-bond acceptors (Lipinski definition) is 3. The molecule has 1 atom stereocenters. The van der Waals surface area contributed by atoms with Crippen molar-refractivity contribution in [3.63, 3.8) is 0 Å². The summed E-state index contributed by atoms with van der Waals surface area (Å²) in [6, 6.07) is 15.2. The van der Waals surface area contributed by atoms with E-state index in [9.17, 15) is 9.59 Å². The van der Waals surface area contributed by atoms with Crippen molar-refractivity contribution in [2.24, 2.45) is 0 Å². The van der Waals surface area contributed by atoms with Gasteiger partial charge in [-0.2, -0.15) is 0 Å². The van der Waals surface area contributed by atoms with E-state index >= 15 is 0 Å². The molecule has 4 rings (SSSR count). The number of carbonyl (C=O) groups excluding carboxylic acids is 2. The molecule has 0 spiro atoms. The van der Waals surface area contributed by atoms with Crippen LogP contribution in [0.4, 0.5) is 5.69 Å². The molecule has 0 aliphatic heterocycles. The molecule has 0 unspecified atom stereocenters. The summed E-state index contributed by atoms with van der Waals surface area (Å²) >= 11 is 0. The number of benzene rings is 2. The highest BCUT2D eigenvalue weighted by atomic mass is 16.2. The zero-order chi connectivity index (χ0) is 19.5. The Bertz CT molecular complexity index is 1040. The molecule has 0 saturated heterocycles. The SMILES string of the molecule is C[C@H](NC(=O)C(=O)Nc1ccc2ncccc2c1)c1ccc2c(c1)CCCC2. The summed E-state index contributed by atoms with van der Waals surface area (Å²) in [5.41, 5.74) is 5.20. The number of rotatable bonds is 3. The van der Waals surface area contributed by atoms with Crippen LogP contribution in [0.15, 0.2) is 54.7 Å². The molecule has 142 valence electrons. The fraction of sp³-hybridized carbons (Fsp3) is 0.261. The Morgan fingerprint density at radius 2 is 1.79 bits per heavy atom. The maximum Gasteiger partial charge on any atom is 0.313 e. The number of nitrogens with zero attached hydrogens (tertiary/aromatic N) is 1. The van der Waals surface area contributed by atoms with Crippen molar-refractivity contribution in [2.45, 2.75) is 38.6 Å². The van der Waals surface area contributed by atoms with Crippen LogP contribution in [0.25, 0.3) is 10.9 Å². The van der Waals surface area contributed by atoms with Gasteiger partial charge in [-0.1, -0.05) is 24.3 Å². The number of fused-ring (bicyclic) bond motifs is 2. The van der Waals surface area contributed by atoms with Gasteiger partial charge in [-0.15, -0.1) is 0 Å². The third kappa shape index (κ3) is 3.88. The van der Waals surface area contributed by atoms with Crippen molar-refractivity contribution in [3.8, 4) is 0 Å². The normalized spacial score (nSPS) is 14.2. The summed E-state index contributed by atoms with van der Waals surface area (Å²) < 4.78 is 0. The number of carbonyl (C=O) groups is 2. The van der Waals surface area contributed by atoms with Crippen molar-refractivity contribution < 1.29 is 9.59 Å². The smallest absolute Gasteiger partial charge is 0.313 e. The minimum Gasteiger partial charge on any atom is -0.341 e. The molecule has 1 aliphatic carbocycles. The van der Waals surface area contributed by atoms with Crippen LogP contribution < -0.4 is 10.6 Å². The number of anilines is 1. The second-order valence-electron chi connectivity index (χ2n) is 7.30. The zero-order valence-corrected chi connectivity index (χ0v) is 15.9. The van der Waals surface area contributed by atoms with Gasteiger partial charge in [0.2, 0.25) is 0 Å². The first-order valence-corrected chi connectivity index (χ1v) is 9.68. The minimum absolute atomic E-state index is 0.230. The molecule has 2 amide bonds. The van der Waals surface area contributed by atoms with Crippen LogP contribution in [0.1, 0.15) is 42.5 Å². The van der Waals surface area contributed by atoms with Gasteiger partial charge in [0.05, 0.1) is 11.6 Å². The highest BCUT2D eigenvalue weighted by Gasteiger charge is 2.19. The van der Waals surface area contributed by atoms with Gasteiger partial charge in [0, 0.05) is 17.3 Å². The predicted octanol–water partition coefficient (Wildman–Crippen LogP) is 3.93. The fourth-order valence-corrected chi connectivity index (χ4v) is 3.71. The molecule has 1 aromatic heterocycles. The van der Waals surface area contributed by atoms with E-state index in [4.69, 9.17) is 0 Å². The number of aromatic nitrogens is 1. The summed E-state index contributed by atoms with van der Waals surface area (Å²) in [5.74, 6) is -1.32. The Morgan fingerprint density at radius 1 is 0.964 bits per heavy atom. The quantitative estimate of drug-likeness (QED) is 0.684. The second kappa shape index (κ2) is 7.80. The molecule has 3 aromatic rings. The highest BCUT2D eigenvalue weighted by molar-refractivity contribution is 6.39. The van der Waals surface area contributed by atoms with Crippen LogP contribution in [-0.4, -0.2) is 16.8 Å². The van der Waals surface area contributed by atoms with E-state index in [2.05, 4.69) is 27.8 Å². The molecule has 0 radical (unpaired) electrons.